The number of hydrogen-bond donors (Lipinski definition) is 2. The van der Waals surface area contributed by atoms with Crippen molar-refractivity contribution >= 4 is 10.0 Å². The molecule has 1 unspecified atom stereocenters. The lowest BCUT2D eigenvalue weighted by molar-refractivity contribution is 0.473. The normalized spacial score (nSPS) is 13.1. The molecule has 0 heterocycles. The first-order valence-electron chi connectivity index (χ1n) is 5.95. The van der Waals surface area contributed by atoms with Gasteiger partial charge in [-0.3, -0.25) is 0 Å². The molecule has 0 aliphatic heterocycles. The molecule has 0 saturated heterocycles. The summed E-state index contributed by atoms with van der Waals surface area (Å²) < 4.78 is 39.8. The van der Waals surface area contributed by atoms with E-state index >= 15 is 0 Å². The summed E-state index contributed by atoms with van der Waals surface area (Å²) in [7, 11) is -3.78. The average Bonchev–Trinajstić information content (AvgIpc) is 2.38. The Hall–Kier alpha value is -1.92. The van der Waals surface area contributed by atoms with Gasteiger partial charge in [0.1, 0.15) is 11.6 Å². The smallest absolute Gasteiger partial charge is 0.241 e. The zero-order valence-electron chi connectivity index (χ0n) is 10.7. The lowest BCUT2D eigenvalue weighted by Gasteiger charge is -2.14. The largest absolute Gasteiger partial charge is 0.508 e. The van der Waals surface area contributed by atoms with E-state index in [0.29, 0.717) is 5.56 Å². The van der Waals surface area contributed by atoms with Crippen LogP contribution in [0.3, 0.4) is 0 Å². The van der Waals surface area contributed by atoms with Gasteiger partial charge in [-0.25, -0.2) is 17.5 Å². The fourth-order valence-electron chi connectivity index (χ4n) is 1.80. The lowest BCUT2D eigenvalue weighted by atomic mass is 10.1. The van der Waals surface area contributed by atoms with Gasteiger partial charge in [0, 0.05) is 6.04 Å². The van der Waals surface area contributed by atoms with Crippen LogP contribution in [0, 0.1) is 5.82 Å². The van der Waals surface area contributed by atoms with Crippen molar-refractivity contribution in [3.05, 3.63) is 59.9 Å². The van der Waals surface area contributed by atoms with E-state index in [1.807, 2.05) is 0 Å². The van der Waals surface area contributed by atoms with Crippen LogP contribution in [0.2, 0.25) is 0 Å². The van der Waals surface area contributed by atoms with Crippen LogP contribution in [0.25, 0.3) is 0 Å². The van der Waals surface area contributed by atoms with E-state index in [0.717, 1.165) is 6.07 Å². The summed E-state index contributed by atoms with van der Waals surface area (Å²) >= 11 is 0. The van der Waals surface area contributed by atoms with E-state index < -0.39 is 21.9 Å². The monoisotopic (exact) mass is 295 g/mol. The van der Waals surface area contributed by atoms with Gasteiger partial charge in [-0.1, -0.05) is 18.2 Å². The third-order valence-corrected chi connectivity index (χ3v) is 4.35. The van der Waals surface area contributed by atoms with Crippen LogP contribution >= 0.6 is 0 Å². The first kappa shape index (κ1) is 14.5. The van der Waals surface area contributed by atoms with Gasteiger partial charge in [0.2, 0.25) is 10.0 Å². The molecule has 2 N–H and O–H groups in total. The molecule has 6 heteroatoms. The van der Waals surface area contributed by atoms with Crippen LogP contribution in [0.1, 0.15) is 18.5 Å². The summed E-state index contributed by atoms with van der Waals surface area (Å²) in [6.45, 7) is 1.62. The summed E-state index contributed by atoms with van der Waals surface area (Å²) in [4.78, 5) is -0.0410. The maximum atomic E-state index is 13.1. The van der Waals surface area contributed by atoms with Gasteiger partial charge in [0.15, 0.2) is 0 Å². The number of rotatable bonds is 4. The van der Waals surface area contributed by atoms with Gasteiger partial charge in [0.25, 0.3) is 0 Å². The van der Waals surface area contributed by atoms with E-state index in [4.69, 9.17) is 0 Å². The molecule has 0 amide bonds. The molecule has 0 aromatic heterocycles. The highest BCUT2D eigenvalue weighted by Gasteiger charge is 2.18. The molecular formula is C14H14FNO3S. The molecule has 106 valence electrons. The van der Waals surface area contributed by atoms with Gasteiger partial charge in [-0.2, -0.15) is 0 Å². The van der Waals surface area contributed by atoms with Crippen LogP contribution in [-0.4, -0.2) is 13.5 Å². The third-order valence-electron chi connectivity index (χ3n) is 2.81. The zero-order valence-corrected chi connectivity index (χ0v) is 11.6. The van der Waals surface area contributed by atoms with E-state index in [9.17, 15) is 17.9 Å². The molecule has 0 bridgehead atoms. The van der Waals surface area contributed by atoms with Crippen LogP contribution in [0.5, 0.6) is 5.75 Å². The fraction of sp³-hybridized carbons (Fsp3) is 0.143. The van der Waals surface area contributed by atoms with Crippen molar-refractivity contribution in [2.24, 2.45) is 0 Å². The number of sulfonamides is 1. The molecule has 1 atom stereocenters. The Morgan fingerprint density at radius 3 is 2.50 bits per heavy atom. The molecule has 4 nitrogen and oxygen atoms in total. The molecular weight excluding hydrogens is 281 g/mol. The minimum Gasteiger partial charge on any atom is -0.508 e. The summed E-state index contributed by atoms with van der Waals surface area (Å²) in [5.41, 5.74) is 0.522. The van der Waals surface area contributed by atoms with E-state index in [2.05, 4.69) is 4.72 Å². The molecule has 20 heavy (non-hydrogen) atoms. The second-order valence-electron chi connectivity index (χ2n) is 4.40. The van der Waals surface area contributed by atoms with Crippen LogP contribution < -0.4 is 4.72 Å². The minimum atomic E-state index is -3.78. The number of halogens is 1. The molecule has 0 radical (unpaired) electrons. The average molecular weight is 295 g/mol. The maximum absolute atomic E-state index is 13.1. The first-order chi connectivity index (χ1) is 9.38. The molecule has 2 aromatic carbocycles. The molecule has 0 saturated carbocycles. The van der Waals surface area contributed by atoms with Crippen LogP contribution in [-0.2, 0) is 10.0 Å². The predicted octanol–water partition coefficient (Wildman–Crippen LogP) is 2.57. The van der Waals surface area contributed by atoms with E-state index in [-0.39, 0.29) is 10.6 Å². The van der Waals surface area contributed by atoms with Crippen molar-refractivity contribution in [2.45, 2.75) is 17.9 Å². The summed E-state index contributed by atoms with van der Waals surface area (Å²) in [5, 5.41) is 9.32. The number of phenols is 1. The van der Waals surface area contributed by atoms with Crippen molar-refractivity contribution in [3.8, 4) is 5.75 Å². The molecule has 2 rings (SSSR count). The van der Waals surface area contributed by atoms with Crippen LogP contribution in [0.15, 0.2) is 53.4 Å². The Bertz CT molecular complexity index is 716. The number of phenolic OH excluding ortho intramolecular Hbond substituents is 1. The van der Waals surface area contributed by atoms with Crippen molar-refractivity contribution in [1.29, 1.82) is 0 Å². The number of nitrogens with one attached hydrogen (secondary N) is 1. The number of hydrogen-bond acceptors (Lipinski definition) is 3. The highest BCUT2D eigenvalue weighted by Crippen LogP contribution is 2.20. The molecule has 2 aromatic rings. The summed E-state index contributed by atoms with van der Waals surface area (Å²) in [6.07, 6.45) is 0. The second kappa shape index (κ2) is 5.60. The molecule has 0 spiro atoms. The fourth-order valence-corrected chi connectivity index (χ4v) is 3.07. The Balaban J connectivity index is 2.24. The quantitative estimate of drug-likeness (QED) is 0.911. The van der Waals surface area contributed by atoms with Gasteiger partial charge < -0.3 is 5.11 Å². The SMILES string of the molecule is CC(NS(=O)(=O)c1cccc(O)c1)c1cccc(F)c1. The topological polar surface area (TPSA) is 66.4 Å². The number of aromatic hydroxyl groups is 1. The van der Waals surface area contributed by atoms with Crippen LogP contribution in [0.4, 0.5) is 4.39 Å². The maximum Gasteiger partial charge on any atom is 0.241 e. The summed E-state index contributed by atoms with van der Waals surface area (Å²) in [5.74, 6) is -0.558. The second-order valence-corrected chi connectivity index (χ2v) is 6.11. The molecule has 0 aliphatic carbocycles. The van der Waals surface area contributed by atoms with Gasteiger partial charge in [-0.15, -0.1) is 0 Å². The van der Waals surface area contributed by atoms with Crippen molar-refractivity contribution in [3.63, 3.8) is 0 Å². The Kier molecular flexibility index (Phi) is 4.06. The predicted molar refractivity (Wildman–Crippen MR) is 73.2 cm³/mol. The highest BCUT2D eigenvalue weighted by molar-refractivity contribution is 7.89. The highest BCUT2D eigenvalue weighted by atomic mass is 32.2. The number of benzene rings is 2. The van der Waals surface area contributed by atoms with Gasteiger partial charge in [-0.05, 0) is 42.8 Å². The van der Waals surface area contributed by atoms with E-state index in [1.165, 1.54) is 36.4 Å². The lowest BCUT2D eigenvalue weighted by Crippen LogP contribution is -2.26. The Labute approximate surface area is 116 Å². The molecule has 0 aliphatic rings. The van der Waals surface area contributed by atoms with Gasteiger partial charge in [0.05, 0.1) is 4.90 Å². The van der Waals surface area contributed by atoms with E-state index in [1.54, 1.807) is 13.0 Å². The third kappa shape index (κ3) is 3.34. The minimum absolute atomic E-state index is 0.0410. The zero-order chi connectivity index (χ0) is 14.8. The van der Waals surface area contributed by atoms with Crippen molar-refractivity contribution < 1.29 is 17.9 Å². The Morgan fingerprint density at radius 1 is 1.15 bits per heavy atom. The standard InChI is InChI=1S/C14H14FNO3S/c1-10(11-4-2-5-12(15)8-11)16-20(18,19)14-7-3-6-13(17)9-14/h2-10,16-17H,1H3. The summed E-state index contributed by atoms with van der Waals surface area (Å²) in [6, 6.07) is 10.5. The van der Waals surface area contributed by atoms with Crippen molar-refractivity contribution in [1.82, 2.24) is 4.72 Å². The first-order valence-corrected chi connectivity index (χ1v) is 7.43. The molecule has 0 fully saturated rings. The van der Waals surface area contributed by atoms with Crippen molar-refractivity contribution in [2.75, 3.05) is 0 Å². The van der Waals surface area contributed by atoms with Gasteiger partial charge >= 0.3 is 0 Å². The Morgan fingerprint density at radius 2 is 1.85 bits per heavy atom.